The number of aryl methyl sites for hydroxylation is 1. The highest BCUT2D eigenvalue weighted by Crippen LogP contribution is 2.37. The number of methoxy groups -OCH3 is 2. The van der Waals surface area contributed by atoms with E-state index in [0.717, 1.165) is 28.6 Å². The Hall–Kier alpha value is -5.11. The van der Waals surface area contributed by atoms with E-state index in [1.807, 2.05) is 48.5 Å². The summed E-state index contributed by atoms with van der Waals surface area (Å²) in [4.78, 5) is 21.8. The predicted molar refractivity (Wildman–Crippen MR) is 156 cm³/mol. The Labute approximate surface area is 233 Å². The molecule has 0 spiro atoms. The lowest BCUT2D eigenvalue weighted by Gasteiger charge is -2.13. The first-order chi connectivity index (χ1) is 19.6. The van der Waals surface area contributed by atoms with Gasteiger partial charge in [-0.1, -0.05) is 31.2 Å². The zero-order valence-corrected chi connectivity index (χ0v) is 22.6. The molecule has 0 radical (unpaired) electrons. The van der Waals surface area contributed by atoms with Gasteiger partial charge in [-0.15, -0.1) is 0 Å². The molecule has 202 valence electrons. The molecule has 3 aromatic carbocycles. The van der Waals surface area contributed by atoms with E-state index in [0.29, 0.717) is 40.9 Å². The van der Waals surface area contributed by atoms with Gasteiger partial charge in [0, 0.05) is 36.1 Å². The zero-order chi connectivity index (χ0) is 27.9. The van der Waals surface area contributed by atoms with E-state index in [-0.39, 0.29) is 5.91 Å². The molecule has 5 rings (SSSR count). The van der Waals surface area contributed by atoms with Crippen LogP contribution in [0.3, 0.4) is 0 Å². The van der Waals surface area contributed by atoms with Gasteiger partial charge in [0.1, 0.15) is 17.3 Å². The molecule has 0 unspecified atom stereocenters. The van der Waals surface area contributed by atoms with Crippen LogP contribution in [-0.2, 0) is 13.0 Å². The number of anilines is 2. The van der Waals surface area contributed by atoms with Crippen LogP contribution in [0.25, 0.3) is 10.9 Å². The van der Waals surface area contributed by atoms with Gasteiger partial charge in [-0.25, -0.2) is 4.98 Å². The first-order valence-electron chi connectivity index (χ1n) is 12.9. The number of benzene rings is 3. The SMILES string of the molecule is CCc1cccc(CNC(=O)c2cccnc2Nc2ccc(Oc3ccnc4cc(OC)c(OC)cc34)cc2)c1. The van der Waals surface area contributed by atoms with Crippen LogP contribution in [0.1, 0.15) is 28.4 Å². The number of hydrogen-bond donors (Lipinski definition) is 2. The quantitative estimate of drug-likeness (QED) is 0.206. The van der Waals surface area contributed by atoms with Gasteiger partial charge in [0.05, 0.1) is 25.3 Å². The minimum Gasteiger partial charge on any atom is -0.493 e. The Balaban J connectivity index is 1.29. The van der Waals surface area contributed by atoms with Crippen molar-refractivity contribution < 1.29 is 19.0 Å². The summed E-state index contributed by atoms with van der Waals surface area (Å²) < 4.78 is 17.0. The van der Waals surface area contributed by atoms with Crippen LogP contribution in [0.4, 0.5) is 11.5 Å². The second kappa shape index (κ2) is 12.2. The molecule has 0 aliphatic heterocycles. The van der Waals surface area contributed by atoms with E-state index in [1.165, 1.54) is 5.56 Å². The van der Waals surface area contributed by atoms with Crippen molar-refractivity contribution in [1.82, 2.24) is 15.3 Å². The molecule has 1 amide bonds. The minimum absolute atomic E-state index is 0.200. The first kappa shape index (κ1) is 26.5. The van der Waals surface area contributed by atoms with Gasteiger partial charge < -0.3 is 24.8 Å². The molecule has 40 heavy (non-hydrogen) atoms. The summed E-state index contributed by atoms with van der Waals surface area (Å²) in [5.41, 5.74) is 4.25. The number of carbonyl (C=O) groups excluding carboxylic acids is 1. The predicted octanol–water partition coefficient (Wildman–Crippen LogP) is 6.68. The van der Waals surface area contributed by atoms with E-state index in [2.05, 4.69) is 39.7 Å². The molecule has 8 heteroatoms. The highest BCUT2D eigenvalue weighted by Gasteiger charge is 2.14. The van der Waals surface area contributed by atoms with Crippen molar-refractivity contribution in [2.24, 2.45) is 0 Å². The Bertz CT molecular complexity index is 1640. The number of nitrogens with zero attached hydrogens (tertiary/aromatic N) is 2. The second-order valence-corrected chi connectivity index (χ2v) is 9.04. The first-order valence-corrected chi connectivity index (χ1v) is 12.9. The number of fused-ring (bicyclic) bond motifs is 1. The molecule has 0 fully saturated rings. The van der Waals surface area contributed by atoms with Gasteiger partial charge in [0.2, 0.25) is 0 Å². The van der Waals surface area contributed by atoms with Crippen LogP contribution >= 0.6 is 0 Å². The number of hydrogen-bond acceptors (Lipinski definition) is 7. The van der Waals surface area contributed by atoms with Crippen LogP contribution in [0.5, 0.6) is 23.0 Å². The number of nitrogens with one attached hydrogen (secondary N) is 2. The molecule has 0 atom stereocenters. The van der Waals surface area contributed by atoms with Gasteiger partial charge in [-0.2, -0.15) is 0 Å². The molecule has 0 bridgehead atoms. The van der Waals surface area contributed by atoms with Crippen molar-refractivity contribution >= 4 is 28.3 Å². The fraction of sp³-hybridized carbons (Fsp3) is 0.156. The van der Waals surface area contributed by atoms with E-state index >= 15 is 0 Å². The monoisotopic (exact) mass is 534 g/mol. The molecule has 0 aliphatic carbocycles. The zero-order valence-electron chi connectivity index (χ0n) is 22.6. The summed E-state index contributed by atoms with van der Waals surface area (Å²) in [5, 5.41) is 7.05. The Morgan fingerprint density at radius 2 is 1.57 bits per heavy atom. The number of amides is 1. The number of carbonyl (C=O) groups is 1. The third kappa shape index (κ3) is 5.96. The van der Waals surface area contributed by atoms with Crippen LogP contribution in [-0.4, -0.2) is 30.1 Å². The summed E-state index contributed by atoms with van der Waals surface area (Å²) in [5.74, 6) is 2.74. The van der Waals surface area contributed by atoms with Crippen molar-refractivity contribution in [2.45, 2.75) is 19.9 Å². The van der Waals surface area contributed by atoms with Gasteiger partial charge in [-0.05, 0) is 66.1 Å². The number of aromatic nitrogens is 2. The Morgan fingerprint density at radius 1 is 0.800 bits per heavy atom. The van der Waals surface area contributed by atoms with Crippen molar-refractivity contribution in [1.29, 1.82) is 0 Å². The van der Waals surface area contributed by atoms with Crippen molar-refractivity contribution in [3.8, 4) is 23.0 Å². The average Bonchev–Trinajstić information content (AvgIpc) is 3.00. The van der Waals surface area contributed by atoms with Crippen LogP contribution < -0.4 is 24.8 Å². The van der Waals surface area contributed by atoms with Crippen molar-refractivity contribution in [3.05, 3.63) is 108 Å². The molecule has 2 heterocycles. The maximum atomic E-state index is 13.0. The largest absolute Gasteiger partial charge is 0.493 e. The molecule has 2 N–H and O–H groups in total. The maximum absolute atomic E-state index is 13.0. The van der Waals surface area contributed by atoms with E-state index in [4.69, 9.17) is 14.2 Å². The van der Waals surface area contributed by atoms with Crippen LogP contribution in [0, 0.1) is 0 Å². The maximum Gasteiger partial charge on any atom is 0.255 e. The summed E-state index contributed by atoms with van der Waals surface area (Å²) >= 11 is 0. The van der Waals surface area contributed by atoms with Gasteiger partial charge in [-0.3, -0.25) is 9.78 Å². The normalized spacial score (nSPS) is 10.7. The van der Waals surface area contributed by atoms with E-state index in [1.54, 1.807) is 44.8 Å². The average molecular weight is 535 g/mol. The number of ether oxygens (including phenoxy) is 3. The number of rotatable bonds is 10. The van der Waals surface area contributed by atoms with E-state index < -0.39 is 0 Å². The highest BCUT2D eigenvalue weighted by atomic mass is 16.5. The molecule has 5 aromatic rings. The Morgan fingerprint density at radius 3 is 2.35 bits per heavy atom. The lowest BCUT2D eigenvalue weighted by Crippen LogP contribution is -2.24. The molecule has 0 aliphatic rings. The second-order valence-electron chi connectivity index (χ2n) is 9.04. The summed E-state index contributed by atoms with van der Waals surface area (Å²) in [6, 6.07) is 24.6. The molecular formula is C32H30N4O4. The third-order valence-electron chi connectivity index (χ3n) is 6.46. The van der Waals surface area contributed by atoms with Crippen molar-refractivity contribution in [2.75, 3.05) is 19.5 Å². The van der Waals surface area contributed by atoms with E-state index in [9.17, 15) is 4.79 Å². The Kier molecular flexibility index (Phi) is 8.06. The highest BCUT2D eigenvalue weighted by molar-refractivity contribution is 5.99. The lowest BCUT2D eigenvalue weighted by atomic mass is 10.1. The van der Waals surface area contributed by atoms with Gasteiger partial charge in [0.15, 0.2) is 11.5 Å². The van der Waals surface area contributed by atoms with Crippen LogP contribution in [0.2, 0.25) is 0 Å². The summed E-state index contributed by atoms with van der Waals surface area (Å²) in [6.45, 7) is 2.55. The summed E-state index contributed by atoms with van der Waals surface area (Å²) in [7, 11) is 3.18. The fourth-order valence-electron chi connectivity index (χ4n) is 4.33. The standard InChI is InChI=1S/C32H30N4O4/c1-4-21-7-5-8-22(17-21)20-35-32(37)25-9-6-15-34-31(25)36-23-10-12-24(13-11-23)40-28-14-16-33-27-19-30(39-3)29(38-2)18-26(27)28/h5-19H,4,20H2,1-3H3,(H,34,36)(H,35,37). The number of pyridine rings is 2. The molecule has 0 saturated carbocycles. The summed E-state index contributed by atoms with van der Waals surface area (Å²) in [6.07, 6.45) is 4.29. The smallest absolute Gasteiger partial charge is 0.255 e. The molecule has 8 nitrogen and oxygen atoms in total. The molecule has 0 saturated heterocycles. The molecular weight excluding hydrogens is 504 g/mol. The van der Waals surface area contributed by atoms with Crippen LogP contribution in [0.15, 0.2) is 91.3 Å². The molecule has 2 aromatic heterocycles. The van der Waals surface area contributed by atoms with Gasteiger partial charge >= 0.3 is 0 Å². The lowest BCUT2D eigenvalue weighted by molar-refractivity contribution is 0.0951. The topological polar surface area (TPSA) is 94.6 Å². The minimum atomic E-state index is -0.200. The fourth-order valence-corrected chi connectivity index (χ4v) is 4.33. The third-order valence-corrected chi connectivity index (χ3v) is 6.46. The van der Waals surface area contributed by atoms with Gasteiger partial charge in [0.25, 0.3) is 5.91 Å². The van der Waals surface area contributed by atoms with Crippen molar-refractivity contribution in [3.63, 3.8) is 0 Å².